The third-order valence-corrected chi connectivity index (χ3v) is 2.94. The molecule has 6 heteroatoms. The van der Waals surface area contributed by atoms with Crippen LogP contribution in [-0.4, -0.2) is 18.4 Å². The van der Waals surface area contributed by atoms with E-state index in [1.54, 1.807) is 42.5 Å². The van der Waals surface area contributed by atoms with Gasteiger partial charge >= 0.3 is 0 Å². The first-order chi connectivity index (χ1) is 10.1. The molecule has 0 bridgehead atoms. The van der Waals surface area contributed by atoms with Crippen LogP contribution in [0.5, 0.6) is 5.75 Å². The van der Waals surface area contributed by atoms with Crippen LogP contribution in [0, 0.1) is 0 Å². The fourth-order valence-electron chi connectivity index (χ4n) is 1.65. The van der Waals surface area contributed by atoms with Gasteiger partial charge in [0.2, 0.25) is 5.91 Å². The lowest BCUT2D eigenvalue weighted by molar-refractivity contribution is -0.118. The summed E-state index contributed by atoms with van der Waals surface area (Å²) in [4.78, 5) is 22.8. The Kier molecular flexibility index (Phi) is 4.79. The summed E-state index contributed by atoms with van der Waals surface area (Å²) in [6.07, 6.45) is 0. The number of ether oxygens (including phenoxy) is 1. The van der Waals surface area contributed by atoms with Crippen molar-refractivity contribution in [3.05, 3.63) is 59.1 Å². The number of para-hydroxylation sites is 1. The maximum absolute atomic E-state index is 11.8. The number of nitrogens with one attached hydrogen (secondary N) is 1. The van der Waals surface area contributed by atoms with Gasteiger partial charge in [0.25, 0.3) is 5.91 Å². The van der Waals surface area contributed by atoms with E-state index in [1.807, 2.05) is 0 Å². The Labute approximate surface area is 126 Å². The number of nitrogens with two attached hydrogens (primary N) is 1. The van der Waals surface area contributed by atoms with E-state index in [0.29, 0.717) is 22.0 Å². The van der Waals surface area contributed by atoms with Gasteiger partial charge in [0, 0.05) is 11.3 Å². The van der Waals surface area contributed by atoms with E-state index < -0.39 is 5.91 Å². The first-order valence-electron chi connectivity index (χ1n) is 6.13. The van der Waals surface area contributed by atoms with Crippen molar-refractivity contribution in [2.75, 3.05) is 11.9 Å². The Balaban J connectivity index is 1.95. The molecule has 0 radical (unpaired) electrons. The van der Waals surface area contributed by atoms with E-state index in [9.17, 15) is 9.59 Å². The lowest BCUT2D eigenvalue weighted by atomic mass is 10.2. The van der Waals surface area contributed by atoms with Crippen molar-refractivity contribution in [3.8, 4) is 5.75 Å². The van der Waals surface area contributed by atoms with Crippen molar-refractivity contribution in [3.63, 3.8) is 0 Å². The molecular weight excluding hydrogens is 292 g/mol. The molecule has 0 aromatic heterocycles. The zero-order valence-electron chi connectivity index (χ0n) is 11.0. The number of benzene rings is 2. The van der Waals surface area contributed by atoms with Crippen molar-refractivity contribution < 1.29 is 14.3 Å². The van der Waals surface area contributed by atoms with E-state index >= 15 is 0 Å². The van der Waals surface area contributed by atoms with Crippen LogP contribution in [0.2, 0.25) is 5.02 Å². The number of carbonyl (C=O) groups is 2. The first kappa shape index (κ1) is 14.9. The SMILES string of the molecule is NC(=O)c1cccc(NC(=O)COc2ccccc2Cl)c1. The molecule has 2 aromatic carbocycles. The third kappa shape index (κ3) is 4.22. The molecule has 2 aromatic rings. The molecule has 0 saturated carbocycles. The number of rotatable bonds is 5. The number of carbonyl (C=O) groups excluding carboxylic acids is 2. The van der Waals surface area contributed by atoms with Crippen LogP contribution in [0.15, 0.2) is 48.5 Å². The molecule has 0 aliphatic rings. The molecule has 0 aliphatic heterocycles. The number of halogens is 1. The number of anilines is 1. The summed E-state index contributed by atoms with van der Waals surface area (Å²) in [6.45, 7) is -0.190. The van der Waals surface area contributed by atoms with Gasteiger partial charge < -0.3 is 15.8 Å². The van der Waals surface area contributed by atoms with Gasteiger partial charge in [-0.3, -0.25) is 9.59 Å². The number of amides is 2. The molecular formula is C15H13ClN2O3. The molecule has 0 atom stereocenters. The summed E-state index contributed by atoms with van der Waals surface area (Å²) in [5.74, 6) is -0.491. The largest absolute Gasteiger partial charge is 0.482 e. The van der Waals surface area contributed by atoms with E-state index in [-0.39, 0.29) is 12.5 Å². The van der Waals surface area contributed by atoms with Gasteiger partial charge in [0.05, 0.1) is 5.02 Å². The van der Waals surface area contributed by atoms with E-state index in [0.717, 1.165) is 0 Å². The molecule has 0 aliphatic carbocycles. The molecule has 3 N–H and O–H groups in total. The molecule has 0 spiro atoms. The summed E-state index contributed by atoms with van der Waals surface area (Å²) < 4.78 is 5.31. The van der Waals surface area contributed by atoms with Crippen LogP contribution >= 0.6 is 11.6 Å². The average Bonchev–Trinajstić information content (AvgIpc) is 2.46. The number of hydrogen-bond donors (Lipinski definition) is 2. The summed E-state index contributed by atoms with van der Waals surface area (Å²) in [7, 11) is 0. The van der Waals surface area contributed by atoms with Crippen molar-refractivity contribution in [1.82, 2.24) is 0 Å². The van der Waals surface area contributed by atoms with Crippen LogP contribution in [0.4, 0.5) is 5.69 Å². The maximum atomic E-state index is 11.8. The minimum atomic E-state index is -0.557. The standard InChI is InChI=1S/C15H13ClN2O3/c16-12-6-1-2-7-13(12)21-9-14(19)18-11-5-3-4-10(8-11)15(17)20/h1-8H,9H2,(H2,17,20)(H,18,19). The minimum Gasteiger partial charge on any atom is -0.482 e. The van der Waals surface area contributed by atoms with E-state index in [1.165, 1.54) is 6.07 Å². The fourth-order valence-corrected chi connectivity index (χ4v) is 1.84. The van der Waals surface area contributed by atoms with Crippen LogP contribution in [0.25, 0.3) is 0 Å². The first-order valence-corrected chi connectivity index (χ1v) is 6.51. The van der Waals surface area contributed by atoms with Gasteiger partial charge in [0.1, 0.15) is 5.75 Å². The quantitative estimate of drug-likeness (QED) is 0.890. The van der Waals surface area contributed by atoms with Crippen LogP contribution < -0.4 is 15.8 Å². The molecule has 21 heavy (non-hydrogen) atoms. The van der Waals surface area contributed by atoms with Gasteiger partial charge in [-0.1, -0.05) is 29.8 Å². The van der Waals surface area contributed by atoms with Crippen molar-refractivity contribution >= 4 is 29.1 Å². The van der Waals surface area contributed by atoms with Crippen LogP contribution in [0.3, 0.4) is 0 Å². The predicted molar refractivity (Wildman–Crippen MR) is 80.5 cm³/mol. The monoisotopic (exact) mass is 304 g/mol. The van der Waals surface area contributed by atoms with Crippen LogP contribution in [-0.2, 0) is 4.79 Å². The third-order valence-electron chi connectivity index (χ3n) is 2.63. The Morgan fingerprint density at radius 2 is 1.90 bits per heavy atom. The van der Waals surface area contributed by atoms with Crippen molar-refractivity contribution in [1.29, 1.82) is 0 Å². The second-order valence-corrected chi connectivity index (χ2v) is 4.62. The zero-order chi connectivity index (χ0) is 15.2. The second kappa shape index (κ2) is 6.76. The normalized spacial score (nSPS) is 9.95. The molecule has 0 unspecified atom stereocenters. The highest BCUT2D eigenvalue weighted by Crippen LogP contribution is 2.22. The second-order valence-electron chi connectivity index (χ2n) is 4.21. The Morgan fingerprint density at radius 3 is 2.62 bits per heavy atom. The lowest BCUT2D eigenvalue weighted by Crippen LogP contribution is -2.20. The van der Waals surface area contributed by atoms with Gasteiger partial charge in [-0.05, 0) is 30.3 Å². The zero-order valence-corrected chi connectivity index (χ0v) is 11.8. The average molecular weight is 305 g/mol. The molecule has 0 heterocycles. The summed E-state index contributed by atoms with van der Waals surface area (Å²) in [6, 6.07) is 13.2. The minimum absolute atomic E-state index is 0.190. The highest BCUT2D eigenvalue weighted by Gasteiger charge is 2.07. The summed E-state index contributed by atoms with van der Waals surface area (Å²) in [5.41, 5.74) is 5.96. The molecule has 0 fully saturated rings. The maximum Gasteiger partial charge on any atom is 0.262 e. The predicted octanol–water partition coefficient (Wildman–Crippen LogP) is 2.46. The summed E-state index contributed by atoms with van der Waals surface area (Å²) >= 11 is 5.92. The van der Waals surface area contributed by atoms with Gasteiger partial charge in [-0.15, -0.1) is 0 Å². The van der Waals surface area contributed by atoms with Crippen molar-refractivity contribution in [2.45, 2.75) is 0 Å². The van der Waals surface area contributed by atoms with Gasteiger partial charge in [0.15, 0.2) is 6.61 Å². The molecule has 108 valence electrons. The van der Waals surface area contributed by atoms with Crippen molar-refractivity contribution in [2.24, 2.45) is 5.73 Å². The molecule has 2 amide bonds. The van der Waals surface area contributed by atoms with Gasteiger partial charge in [-0.2, -0.15) is 0 Å². The Morgan fingerprint density at radius 1 is 1.14 bits per heavy atom. The molecule has 5 nitrogen and oxygen atoms in total. The summed E-state index contributed by atoms with van der Waals surface area (Å²) in [5, 5.41) is 3.04. The van der Waals surface area contributed by atoms with E-state index in [4.69, 9.17) is 22.1 Å². The number of primary amides is 1. The van der Waals surface area contributed by atoms with E-state index in [2.05, 4.69) is 5.32 Å². The fraction of sp³-hybridized carbons (Fsp3) is 0.0667. The highest BCUT2D eigenvalue weighted by molar-refractivity contribution is 6.32. The Hall–Kier alpha value is -2.53. The smallest absolute Gasteiger partial charge is 0.262 e. The number of hydrogen-bond acceptors (Lipinski definition) is 3. The van der Waals surface area contributed by atoms with Gasteiger partial charge in [-0.25, -0.2) is 0 Å². The highest BCUT2D eigenvalue weighted by atomic mass is 35.5. The molecule has 2 rings (SSSR count). The van der Waals surface area contributed by atoms with Crippen LogP contribution in [0.1, 0.15) is 10.4 Å². The lowest BCUT2D eigenvalue weighted by Gasteiger charge is -2.09. The topological polar surface area (TPSA) is 81.4 Å². The molecule has 0 saturated heterocycles. The Bertz CT molecular complexity index is 673.